The molecule has 0 aromatic rings. The van der Waals surface area contributed by atoms with Crippen molar-refractivity contribution in [1.82, 2.24) is 5.01 Å². The van der Waals surface area contributed by atoms with Crippen molar-refractivity contribution < 1.29 is 42.2 Å². The van der Waals surface area contributed by atoms with Gasteiger partial charge in [-0.15, -0.1) is 0 Å². The molecule has 1 aliphatic rings. The van der Waals surface area contributed by atoms with Gasteiger partial charge in [0.05, 0.1) is 20.3 Å². The number of esters is 2. The van der Waals surface area contributed by atoms with Crippen LogP contribution in [-0.4, -0.2) is 68.6 Å². The fourth-order valence-electron chi connectivity index (χ4n) is 2.27. The molecule has 0 bridgehead atoms. The van der Waals surface area contributed by atoms with Crippen LogP contribution in [0.4, 0.5) is 4.79 Å². The van der Waals surface area contributed by atoms with E-state index in [0.717, 1.165) is 21.3 Å². The third-order valence-corrected chi connectivity index (χ3v) is 5.78. The van der Waals surface area contributed by atoms with Gasteiger partial charge in [0.2, 0.25) is 0 Å². The molecule has 1 heterocycles. The zero-order valence-corrected chi connectivity index (χ0v) is 15.5. The van der Waals surface area contributed by atoms with Crippen LogP contribution >= 0.6 is 7.60 Å². The Morgan fingerprint density at radius 3 is 2.12 bits per heavy atom. The second-order valence-electron chi connectivity index (χ2n) is 4.63. The molecule has 0 fully saturated rings. The third kappa shape index (κ3) is 3.53. The average molecular weight is 380 g/mol. The van der Waals surface area contributed by atoms with Crippen molar-refractivity contribution in [3.8, 4) is 0 Å². The summed E-state index contributed by atoms with van der Waals surface area (Å²) in [6.45, 7) is 3.07. The molecule has 0 aromatic carbocycles. The quantitative estimate of drug-likeness (QED) is 0.362. The monoisotopic (exact) mass is 380 g/mol. The number of carbonyl (C=O) groups is 3. The fraction of sp³-hybridized carbons (Fsp3) is 0.692. The summed E-state index contributed by atoms with van der Waals surface area (Å²) >= 11 is 0. The van der Waals surface area contributed by atoms with E-state index in [-0.39, 0.29) is 18.9 Å². The van der Waals surface area contributed by atoms with Gasteiger partial charge in [-0.1, -0.05) is 0 Å². The van der Waals surface area contributed by atoms with Crippen molar-refractivity contribution in [3.63, 3.8) is 0 Å². The number of hydrogen-bond donors (Lipinski definition) is 0. The Morgan fingerprint density at radius 2 is 1.68 bits per heavy atom. The Bertz CT molecular complexity index is 613. The van der Waals surface area contributed by atoms with Crippen LogP contribution in [0.1, 0.15) is 20.3 Å². The highest BCUT2D eigenvalue weighted by molar-refractivity contribution is 7.56. The molecular formula is C13H21N2O9P. The SMILES string of the molecule is CCOC(=O)C1=NN(C(=O)OCC)C(C(=O)OC)(P(=O)(OC)OC)C1. The molecule has 0 radical (unpaired) electrons. The lowest BCUT2D eigenvalue weighted by Crippen LogP contribution is -2.53. The lowest BCUT2D eigenvalue weighted by Gasteiger charge is -2.35. The maximum absolute atomic E-state index is 13.1. The highest BCUT2D eigenvalue weighted by atomic mass is 31.2. The molecule has 0 saturated heterocycles. The van der Waals surface area contributed by atoms with Gasteiger partial charge < -0.3 is 23.3 Å². The topological polar surface area (TPSA) is 130 Å². The molecule has 0 aliphatic carbocycles. The van der Waals surface area contributed by atoms with Crippen LogP contribution in [0.5, 0.6) is 0 Å². The Morgan fingerprint density at radius 1 is 1.12 bits per heavy atom. The molecule has 25 heavy (non-hydrogen) atoms. The molecular weight excluding hydrogens is 359 g/mol. The van der Waals surface area contributed by atoms with Gasteiger partial charge in [0, 0.05) is 20.6 Å². The predicted octanol–water partition coefficient (Wildman–Crippen LogP) is 1.12. The van der Waals surface area contributed by atoms with E-state index >= 15 is 0 Å². The minimum atomic E-state index is -4.33. The van der Waals surface area contributed by atoms with Crippen molar-refractivity contribution in [1.29, 1.82) is 0 Å². The zero-order valence-electron chi connectivity index (χ0n) is 14.6. The fourth-order valence-corrected chi connectivity index (χ4v) is 4.04. The molecule has 1 unspecified atom stereocenters. The summed E-state index contributed by atoms with van der Waals surface area (Å²) in [4.78, 5) is 36.8. The van der Waals surface area contributed by atoms with E-state index in [2.05, 4.69) is 9.84 Å². The number of nitrogens with zero attached hydrogens (tertiary/aromatic N) is 2. The zero-order chi connectivity index (χ0) is 19.3. The Balaban J connectivity index is 3.56. The molecule has 0 aromatic heterocycles. The Kier molecular flexibility index (Phi) is 7.09. The third-order valence-electron chi connectivity index (χ3n) is 3.38. The van der Waals surface area contributed by atoms with Crippen LogP contribution in [0.3, 0.4) is 0 Å². The molecule has 0 saturated carbocycles. The van der Waals surface area contributed by atoms with Crippen LogP contribution < -0.4 is 0 Å². The van der Waals surface area contributed by atoms with E-state index < -0.39 is 37.3 Å². The van der Waals surface area contributed by atoms with Crippen LogP contribution in [0.15, 0.2) is 5.10 Å². The first-order valence-electron chi connectivity index (χ1n) is 7.29. The second kappa shape index (κ2) is 8.41. The summed E-state index contributed by atoms with van der Waals surface area (Å²) in [5.74, 6) is -2.03. The van der Waals surface area contributed by atoms with E-state index in [1.165, 1.54) is 6.92 Å². The van der Waals surface area contributed by atoms with Gasteiger partial charge in [-0.25, -0.2) is 14.4 Å². The number of methoxy groups -OCH3 is 1. The number of ether oxygens (including phenoxy) is 3. The molecule has 0 spiro atoms. The average Bonchev–Trinajstić information content (AvgIpc) is 3.03. The standard InChI is InChI=1S/C13H21N2O9P/c1-6-23-10(16)9-8-13(11(17)20-3,25(19,21-4)22-5)15(14-9)12(18)24-7-2/h6-8H2,1-5H3. The van der Waals surface area contributed by atoms with Gasteiger partial charge in [-0.05, 0) is 13.8 Å². The first-order chi connectivity index (χ1) is 11.8. The number of hydrazone groups is 1. The minimum Gasteiger partial charge on any atom is -0.467 e. The van der Waals surface area contributed by atoms with E-state index in [0.29, 0.717) is 5.01 Å². The molecule has 0 N–H and O–H groups in total. The van der Waals surface area contributed by atoms with Gasteiger partial charge in [0.15, 0.2) is 0 Å². The number of rotatable bonds is 7. The maximum atomic E-state index is 13.1. The first kappa shape index (κ1) is 21.1. The molecule has 11 nitrogen and oxygen atoms in total. The van der Waals surface area contributed by atoms with Crippen LogP contribution in [0.2, 0.25) is 0 Å². The maximum Gasteiger partial charge on any atom is 0.432 e. The van der Waals surface area contributed by atoms with Gasteiger partial charge in [0.1, 0.15) is 5.71 Å². The van der Waals surface area contributed by atoms with Crippen LogP contribution in [0.25, 0.3) is 0 Å². The number of hydrogen-bond acceptors (Lipinski definition) is 10. The largest absolute Gasteiger partial charge is 0.467 e. The smallest absolute Gasteiger partial charge is 0.432 e. The van der Waals surface area contributed by atoms with Crippen LogP contribution in [0, 0.1) is 0 Å². The predicted molar refractivity (Wildman–Crippen MR) is 83.9 cm³/mol. The lowest BCUT2D eigenvalue weighted by molar-refractivity contribution is -0.149. The normalized spacial score (nSPS) is 20.0. The summed E-state index contributed by atoms with van der Waals surface area (Å²) < 4.78 is 37.3. The number of amides is 1. The summed E-state index contributed by atoms with van der Waals surface area (Å²) in [6, 6.07) is 0. The molecule has 1 rings (SSSR count). The van der Waals surface area contributed by atoms with E-state index in [9.17, 15) is 18.9 Å². The number of carbonyl (C=O) groups excluding carboxylic acids is 3. The summed E-state index contributed by atoms with van der Waals surface area (Å²) in [5.41, 5.74) is -0.324. The summed E-state index contributed by atoms with van der Waals surface area (Å²) in [7, 11) is -1.26. The molecule has 12 heteroatoms. The van der Waals surface area contributed by atoms with E-state index in [1.54, 1.807) is 6.92 Å². The molecule has 1 amide bonds. The highest BCUT2D eigenvalue weighted by Crippen LogP contribution is 2.64. The summed E-state index contributed by atoms with van der Waals surface area (Å²) in [6.07, 6.45) is -1.71. The van der Waals surface area contributed by atoms with Crippen molar-refractivity contribution in [3.05, 3.63) is 0 Å². The minimum absolute atomic E-state index is 0.0364. The van der Waals surface area contributed by atoms with Gasteiger partial charge in [-0.2, -0.15) is 10.1 Å². The first-order valence-corrected chi connectivity index (χ1v) is 8.83. The highest BCUT2D eigenvalue weighted by Gasteiger charge is 2.68. The van der Waals surface area contributed by atoms with E-state index in [1.807, 2.05) is 0 Å². The second-order valence-corrected chi connectivity index (χ2v) is 7.09. The van der Waals surface area contributed by atoms with Gasteiger partial charge >= 0.3 is 25.6 Å². The van der Waals surface area contributed by atoms with Crippen molar-refractivity contribution in [2.45, 2.75) is 25.5 Å². The van der Waals surface area contributed by atoms with Crippen molar-refractivity contribution >= 4 is 31.3 Å². The Hall–Kier alpha value is -1.97. The molecule has 1 atom stereocenters. The van der Waals surface area contributed by atoms with Crippen molar-refractivity contribution in [2.75, 3.05) is 34.5 Å². The van der Waals surface area contributed by atoms with E-state index in [4.69, 9.17) is 18.5 Å². The van der Waals surface area contributed by atoms with Crippen molar-refractivity contribution in [2.24, 2.45) is 5.10 Å². The van der Waals surface area contributed by atoms with Gasteiger partial charge in [0.25, 0.3) is 5.28 Å². The van der Waals surface area contributed by atoms with Crippen LogP contribution in [-0.2, 0) is 37.4 Å². The Labute approximate surface area is 144 Å². The lowest BCUT2D eigenvalue weighted by atomic mass is 10.1. The molecule has 142 valence electrons. The molecule has 1 aliphatic heterocycles. The summed E-state index contributed by atoms with van der Waals surface area (Å²) in [5, 5.41) is 1.89. The van der Waals surface area contributed by atoms with Gasteiger partial charge in [-0.3, -0.25) is 4.57 Å².